The minimum Gasteiger partial charge on any atom is -0.455 e. The smallest absolute Gasteiger partial charge is 0.286 e. The number of rotatable bonds is 7. The van der Waals surface area contributed by atoms with E-state index in [9.17, 15) is 4.79 Å². The minimum atomic E-state index is -0.149. The summed E-state index contributed by atoms with van der Waals surface area (Å²) in [7, 11) is 0. The summed E-state index contributed by atoms with van der Waals surface area (Å²) in [5.41, 5.74) is 2.10. The predicted octanol–water partition coefficient (Wildman–Crippen LogP) is 3.66. The lowest BCUT2D eigenvalue weighted by Crippen LogP contribution is -2.29. The molecule has 0 aromatic carbocycles. The Balaban J connectivity index is 1.42. The molecule has 3 rings (SSSR count). The maximum atomic E-state index is 12.2. The zero-order chi connectivity index (χ0) is 18.5. The van der Waals surface area contributed by atoms with Gasteiger partial charge >= 0.3 is 0 Å². The molecule has 7 heteroatoms. The van der Waals surface area contributed by atoms with Crippen molar-refractivity contribution >= 4 is 21.8 Å². The Kier molecular flexibility index (Phi) is 6.53. The third kappa shape index (κ3) is 4.76. The number of aromatic nitrogens is 2. The molecule has 0 bridgehead atoms. The van der Waals surface area contributed by atoms with Crippen molar-refractivity contribution in [3.63, 3.8) is 0 Å². The molecule has 1 fully saturated rings. The number of nitrogens with zero attached hydrogens (tertiary/aromatic N) is 3. The van der Waals surface area contributed by atoms with Gasteiger partial charge in [0.25, 0.3) is 5.91 Å². The van der Waals surface area contributed by atoms with Gasteiger partial charge in [-0.3, -0.25) is 14.4 Å². The molecule has 1 aliphatic heterocycles. The first-order chi connectivity index (χ1) is 12.5. The Bertz CT molecular complexity index is 747. The number of likely N-dealkylation sites (tertiary alicyclic amines) is 1. The highest BCUT2D eigenvalue weighted by Crippen LogP contribution is 2.19. The summed E-state index contributed by atoms with van der Waals surface area (Å²) in [4.78, 5) is 14.6. The average molecular weight is 423 g/mol. The quantitative estimate of drug-likeness (QED) is 0.691. The first kappa shape index (κ1) is 19.2. The van der Waals surface area contributed by atoms with Crippen molar-refractivity contribution in [2.45, 2.75) is 52.6 Å². The highest BCUT2D eigenvalue weighted by Gasteiger charge is 2.15. The summed E-state index contributed by atoms with van der Waals surface area (Å²) in [5, 5.41) is 7.41. The molecule has 2 aromatic rings. The SMILES string of the molecule is Cc1nn(CCCNC(=O)c2ccc(CN3CCCCC3)o2)c(C)c1Br. The first-order valence-corrected chi connectivity index (χ1v) is 10.1. The number of carbonyl (C=O) groups excluding carboxylic acids is 1. The number of halogens is 1. The number of furan rings is 1. The second-order valence-corrected chi connectivity index (χ2v) is 7.71. The predicted molar refractivity (Wildman–Crippen MR) is 104 cm³/mol. The van der Waals surface area contributed by atoms with Crippen LogP contribution in [-0.4, -0.2) is 40.2 Å². The fourth-order valence-electron chi connectivity index (χ4n) is 3.33. The van der Waals surface area contributed by atoms with Crippen molar-refractivity contribution in [3.05, 3.63) is 39.5 Å². The molecule has 1 aliphatic rings. The van der Waals surface area contributed by atoms with Crippen LogP contribution >= 0.6 is 15.9 Å². The molecular weight excluding hydrogens is 396 g/mol. The molecule has 1 N–H and O–H groups in total. The van der Waals surface area contributed by atoms with Crippen LogP contribution in [0.5, 0.6) is 0 Å². The maximum absolute atomic E-state index is 12.2. The van der Waals surface area contributed by atoms with E-state index in [4.69, 9.17) is 4.42 Å². The highest BCUT2D eigenvalue weighted by molar-refractivity contribution is 9.10. The van der Waals surface area contributed by atoms with Gasteiger partial charge in [-0.25, -0.2) is 0 Å². The summed E-state index contributed by atoms with van der Waals surface area (Å²) in [5.74, 6) is 1.11. The van der Waals surface area contributed by atoms with Crippen molar-refractivity contribution in [3.8, 4) is 0 Å². The van der Waals surface area contributed by atoms with E-state index in [0.717, 1.165) is 54.2 Å². The van der Waals surface area contributed by atoms with E-state index in [1.165, 1.54) is 19.3 Å². The maximum Gasteiger partial charge on any atom is 0.286 e. The standard InChI is InChI=1S/C19H27BrN4O2/c1-14-18(20)15(2)24(22-14)12-6-9-21-19(25)17-8-7-16(26-17)13-23-10-4-3-5-11-23/h7-8H,3-6,9-13H2,1-2H3,(H,21,25). The number of amides is 1. The summed E-state index contributed by atoms with van der Waals surface area (Å²) in [6.07, 6.45) is 4.64. The number of hydrogen-bond donors (Lipinski definition) is 1. The van der Waals surface area contributed by atoms with E-state index >= 15 is 0 Å². The topological polar surface area (TPSA) is 63.3 Å². The van der Waals surface area contributed by atoms with Crippen molar-refractivity contribution in [1.29, 1.82) is 0 Å². The third-order valence-corrected chi connectivity index (χ3v) is 5.99. The van der Waals surface area contributed by atoms with Crippen LogP contribution in [0.25, 0.3) is 0 Å². The van der Waals surface area contributed by atoms with E-state index in [-0.39, 0.29) is 5.91 Å². The number of nitrogens with one attached hydrogen (secondary N) is 1. The molecule has 0 aliphatic carbocycles. The number of hydrogen-bond acceptors (Lipinski definition) is 4. The molecule has 0 saturated carbocycles. The van der Waals surface area contributed by atoms with Gasteiger partial charge in [-0.05, 0) is 74.3 Å². The largest absolute Gasteiger partial charge is 0.455 e. The van der Waals surface area contributed by atoms with E-state index in [2.05, 4.69) is 31.2 Å². The molecule has 3 heterocycles. The third-order valence-electron chi connectivity index (χ3n) is 4.84. The fraction of sp³-hybridized carbons (Fsp3) is 0.579. The lowest BCUT2D eigenvalue weighted by molar-refractivity contribution is 0.0920. The molecule has 6 nitrogen and oxygen atoms in total. The summed E-state index contributed by atoms with van der Waals surface area (Å²) < 4.78 is 8.75. The molecule has 0 spiro atoms. The van der Waals surface area contributed by atoms with Crippen molar-refractivity contribution < 1.29 is 9.21 Å². The number of carbonyl (C=O) groups is 1. The lowest BCUT2D eigenvalue weighted by Gasteiger charge is -2.25. The van der Waals surface area contributed by atoms with Crippen LogP contribution in [-0.2, 0) is 13.1 Å². The van der Waals surface area contributed by atoms with Gasteiger partial charge in [0.05, 0.1) is 16.7 Å². The minimum absolute atomic E-state index is 0.149. The molecule has 142 valence electrons. The molecule has 0 radical (unpaired) electrons. The second kappa shape index (κ2) is 8.86. The van der Waals surface area contributed by atoms with Crippen LogP contribution in [0.15, 0.2) is 21.0 Å². The Morgan fingerprint density at radius 3 is 2.73 bits per heavy atom. The molecular formula is C19H27BrN4O2. The zero-order valence-electron chi connectivity index (χ0n) is 15.6. The van der Waals surface area contributed by atoms with Crippen molar-refractivity contribution in [2.75, 3.05) is 19.6 Å². The van der Waals surface area contributed by atoms with Crippen LogP contribution in [0.4, 0.5) is 0 Å². The van der Waals surface area contributed by atoms with Crippen LogP contribution in [0.3, 0.4) is 0 Å². The Labute approximate surface area is 163 Å². The fourth-order valence-corrected chi connectivity index (χ4v) is 3.62. The van der Waals surface area contributed by atoms with Gasteiger partial charge in [0.1, 0.15) is 5.76 Å². The van der Waals surface area contributed by atoms with Gasteiger partial charge in [0.15, 0.2) is 5.76 Å². The van der Waals surface area contributed by atoms with E-state index in [1.807, 2.05) is 24.6 Å². The monoisotopic (exact) mass is 422 g/mol. The van der Waals surface area contributed by atoms with Crippen LogP contribution < -0.4 is 5.32 Å². The van der Waals surface area contributed by atoms with Crippen LogP contribution in [0.2, 0.25) is 0 Å². The van der Waals surface area contributed by atoms with E-state index in [1.54, 1.807) is 6.07 Å². The second-order valence-electron chi connectivity index (χ2n) is 6.92. The lowest BCUT2D eigenvalue weighted by atomic mass is 10.1. The normalized spacial score (nSPS) is 15.3. The van der Waals surface area contributed by atoms with Crippen LogP contribution in [0, 0.1) is 13.8 Å². The molecule has 0 unspecified atom stereocenters. The van der Waals surface area contributed by atoms with Crippen LogP contribution in [0.1, 0.15) is 53.4 Å². The molecule has 0 atom stereocenters. The first-order valence-electron chi connectivity index (χ1n) is 9.33. The summed E-state index contributed by atoms with van der Waals surface area (Å²) >= 11 is 3.53. The Morgan fingerprint density at radius 1 is 1.27 bits per heavy atom. The molecule has 2 aromatic heterocycles. The summed E-state index contributed by atoms with van der Waals surface area (Å²) in [6.45, 7) is 8.41. The summed E-state index contributed by atoms with van der Waals surface area (Å²) in [6, 6.07) is 3.68. The van der Waals surface area contributed by atoms with Gasteiger partial charge in [-0.1, -0.05) is 6.42 Å². The van der Waals surface area contributed by atoms with E-state index in [0.29, 0.717) is 12.3 Å². The molecule has 26 heavy (non-hydrogen) atoms. The van der Waals surface area contributed by atoms with Crippen molar-refractivity contribution in [1.82, 2.24) is 20.0 Å². The van der Waals surface area contributed by atoms with Crippen molar-refractivity contribution in [2.24, 2.45) is 0 Å². The van der Waals surface area contributed by atoms with Gasteiger partial charge in [0, 0.05) is 18.8 Å². The number of piperidine rings is 1. The highest BCUT2D eigenvalue weighted by atomic mass is 79.9. The molecule has 1 amide bonds. The van der Waals surface area contributed by atoms with Gasteiger partial charge < -0.3 is 9.73 Å². The Hall–Kier alpha value is -1.60. The Morgan fingerprint density at radius 2 is 2.04 bits per heavy atom. The van der Waals surface area contributed by atoms with Gasteiger partial charge in [-0.15, -0.1) is 0 Å². The molecule has 1 saturated heterocycles. The zero-order valence-corrected chi connectivity index (χ0v) is 17.1. The average Bonchev–Trinajstić information content (AvgIpc) is 3.20. The van der Waals surface area contributed by atoms with Gasteiger partial charge in [-0.2, -0.15) is 5.10 Å². The van der Waals surface area contributed by atoms with E-state index < -0.39 is 0 Å². The van der Waals surface area contributed by atoms with Gasteiger partial charge in [0.2, 0.25) is 0 Å². The number of aryl methyl sites for hydroxylation is 2.